The van der Waals surface area contributed by atoms with Crippen molar-refractivity contribution >= 4 is 11.8 Å². The molecule has 2 fully saturated rings. The van der Waals surface area contributed by atoms with Crippen LogP contribution in [0.15, 0.2) is 0 Å². The van der Waals surface area contributed by atoms with E-state index in [2.05, 4.69) is 5.32 Å². The molecule has 1 aliphatic carbocycles. The van der Waals surface area contributed by atoms with E-state index in [1.807, 2.05) is 6.92 Å². The second-order valence-corrected chi connectivity index (χ2v) is 7.26. The summed E-state index contributed by atoms with van der Waals surface area (Å²) < 4.78 is 10.9. The summed E-state index contributed by atoms with van der Waals surface area (Å²) in [6.07, 6.45) is 6.41. The highest BCUT2D eigenvalue weighted by Gasteiger charge is 2.31. The third-order valence-corrected chi connectivity index (χ3v) is 4.94. The first-order chi connectivity index (χ1) is 11.5. The van der Waals surface area contributed by atoms with Crippen LogP contribution in [0.4, 0.5) is 0 Å². The molecular weight excluding hydrogens is 308 g/mol. The van der Waals surface area contributed by atoms with E-state index in [-0.39, 0.29) is 24.0 Å². The van der Waals surface area contributed by atoms with E-state index in [1.54, 1.807) is 18.9 Å². The minimum atomic E-state index is -0.491. The van der Waals surface area contributed by atoms with Crippen LogP contribution < -0.4 is 5.32 Å². The quantitative estimate of drug-likeness (QED) is 0.799. The zero-order valence-corrected chi connectivity index (χ0v) is 15.3. The van der Waals surface area contributed by atoms with Crippen LogP contribution in [0.3, 0.4) is 0 Å². The Kier molecular flexibility index (Phi) is 7.49. The Bertz CT molecular complexity index is 423. The number of nitrogens with one attached hydrogen (secondary N) is 1. The van der Waals surface area contributed by atoms with Crippen LogP contribution in [0.25, 0.3) is 0 Å². The summed E-state index contributed by atoms with van der Waals surface area (Å²) in [4.78, 5) is 26.6. The number of nitrogens with zero attached hydrogens (tertiary/aromatic N) is 1. The first-order valence-electron chi connectivity index (χ1n) is 9.22. The maximum Gasteiger partial charge on any atom is 0.245 e. The second-order valence-electron chi connectivity index (χ2n) is 7.26. The van der Waals surface area contributed by atoms with Crippen molar-refractivity contribution < 1.29 is 19.1 Å². The molecule has 0 bridgehead atoms. The van der Waals surface area contributed by atoms with Crippen molar-refractivity contribution in [2.75, 3.05) is 26.8 Å². The fourth-order valence-corrected chi connectivity index (χ4v) is 3.79. The molecule has 24 heavy (non-hydrogen) atoms. The van der Waals surface area contributed by atoms with E-state index in [4.69, 9.17) is 9.47 Å². The van der Waals surface area contributed by atoms with E-state index in [0.29, 0.717) is 32.0 Å². The van der Waals surface area contributed by atoms with Gasteiger partial charge in [-0.3, -0.25) is 9.59 Å². The maximum atomic E-state index is 12.6. The molecule has 6 heteroatoms. The predicted molar refractivity (Wildman–Crippen MR) is 91.6 cm³/mol. The van der Waals surface area contributed by atoms with Gasteiger partial charge in [-0.15, -0.1) is 0 Å². The number of methoxy groups -OCH3 is 1. The minimum Gasteiger partial charge on any atom is -0.382 e. The number of hydrogen-bond donors (Lipinski definition) is 1. The SMILES string of the molecule is COCC1CN(C(=O)C(C)NC(=O)CC2CCCCC2)CC(C)O1. The molecule has 0 radical (unpaired) electrons. The molecule has 0 aromatic rings. The zero-order chi connectivity index (χ0) is 17.5. The van der Waals surface area contributed by atoms with Crippen LogP contribution in [0, 0.1) is 5.92 Å². The van der Waals surface area contributed by atoms with Gasteiger partial charge in [0.2, 0.25) is 11.8 Å². The summed E-state index contributed by atoms with van der Waals surface area (Å²) in [6.45, 7) is 5.26. The number of morpholine rings is 1. The lowest BCUT2D eigenvalue weighted by Gasteiger charge is -2.37. The van der Waals surface area contributed by atoms with Gasteiger partial charge < -0.3 is 19.7 Å². The third kappa shape index (κ3) is 5.74. The van der Waals surface area contributed by atoms with Crippen LogP contribution in [-0.2, 0) is 19.1 Å². The molecule has 6 nitrogen and oxygen atoms in total. The van der Waals surface area contributed by atoms with Gasteiger partial charge in [-0.1, -0.05) is 19.3 Å². The van der Waals surface area contributed by atoms with Crippen LogP contribution >= 0.6 is 0 Å². The van der Waals surface area contributed by atoms with Gasteiger partial charge in [0.25, 0.3) is 0 Å². The van der Waals surface area contributed by atoms with Gasteiger partial charge >= 0.3 is 0 Å². The molecule has 2 rings (SSSR count). The molecule has 2 aliphatic rings. The van der Waals surface area contributed by atoms with Crippen LogP contribution in [-0.4, -0.2) is 61.8 Å². The molecule has 1 N–H and O–H groups in total. The molecule has 2 amide bonds. The molecule has 0 aromatic heterocycles. The molecule has 3 atom stereocenters. The Morgan fingerprint density at radius 2 is 1.96 bits per heavy atom. The van der Waals surface area contributed by atoms with E-state index >= 15 is 0 Å². The van der Waals surface area contributed by atoms with Crippen molar-refractivity contribution in [1.29, 1.82) is 0 Å². The number of ether oxygens (including phenoxy) is 2. The van der Waals surface area contributed by atoms with Crippen molar-refractivity contribution in [1.82, 2.24) is 10.2 Å². The number of carbonyl (C=O) groups is 2. The Hall–Kier alpha value is -1.14. The monoisotopic (exact) mass is 340 g/mol. The molecule has 1 heterocycles. The summed E-state index contributed by atoms with van der Waals surface area (Å²) in [6, 6.07) is -0.491. The summed E-state index contributed by atoms with van der Waals surface area (Å²) in [5, 5.41) is 2.88. The van der Waals surface area contributed by atoms with E-state index in [1.165, 1.54) is 19.3 Å². The Labute approximate surface area is 145 Å². The van der Waals surface area contributed by atoms with Crippen molar-refractivity contribution in [3.8, 4) is 0 Å². The number of carbonyl (C=O) groups excluding carboxylic acids is 2. The van der Waals surface area contributed by atoms with Gasteiger partial charge in [0.1, 0.15) is 6.04 Å². The molecule has 138 valence electrons. The maximum absolute atomic E-state index is 12.6. The largest absolute Gasteiger partial charge is 0.382 e. The highest BCUT2D eigenvalue weighted by atomic mass is 16.5. The van der Waals surface area contributed by atoms with Crippen LogP contribution in [0.2, 0.25) is 0 Å². The zero-order valence-electron chi connectivity index (χ0n) is 15.3. The Balaban J connectivity index is 1.80. The molecule has 1 aliphatic heterocycles. The summed E-state index contributed by atoms with van der Waals surface area (Å²) in [7, 11) is 1.63. The lowest BCUT2D eigenvalue weighted by atomic mass is 9.87. The molecule has 1 saturated heterocycles. The average molecular weight is 340 g/mol. The smallest absolute Gasteiger partial charge is 0.245 e. The highest BCUT2D eigenvalue weighted by molar-refractivity contribution is 5.87. The molecule has 0 spiro atoms. The normalized spacial score (nSPS) is 26.9. The van der Waals surface area contributed by atoms with E-state index < -0.39 is 6.04 Å². The van der Waals surface area contributed by atoms with Crippen LogP contribution in [0.5, 0.6) is 0 Å². The molecular formula is C18H32N2O4. The third-order valence-electron chi connectivity index (χ3n) is 4.94. The van der Waals surface area contributed by atoms with Crippen molar-refractivity contribution in [2.45, 2.75) is 70.6 Å². The topological polar surface area (TPSA) is 67.9 Å². The summed E-state index contributed by atoms with van der Waals surface area (Å²) in [5.41, 5.74) is 0. The average Bonchev–Trinajstić information content (AvgIpc) is 2.54. The predicted octanol–water partition coefficient (Wildman–Crippen LogP) is 1.72. The second kappa shape index (κ2) is 9.37. The molecule has 0 aromatic carbocycles. The summed E-state index contributed by atoms with van der Waals surface area (Å²) in [5.74, 6) is 0.441. The number of amides is 2. The first kappa shape index (κ1) is 19.2. The fraction of sp³-hybridized carbons (Fsp3) is 0.889. The van der Waals surface area contributed by atoms with Crippen molar-refractivity contribution in [3.63, 3.8) is 0 Å². The van der Waals surface area contributed by atoms with E-state index in [0.717, 1.165) is 12.8 Å². The molecule has 1 saturated carbocycles. The number of rotatable bonds is 6. The minimum absolute atomic E-state index is 0.00232. The fourth-order valence-electron chi connectivity index (χ4n) is 3.79. The number of hydrogen-bond acceptors (Lipinski definition) is 4. The standard InChI is InChI=1S/C18H32N2O4/c1-13-10-20(11-16(24-13)12-23-3)18(22)14(2)19-17(21)9-15-7-5-4-6-8-15/h13-16H,4-12H2,1-3H3,(H,19,21). The molecule has 3 unspecified atom stereocenters. The lowest BCUT2D eigenvalue weighted by Crippen LogP contribution is -2.55. The van der Waals surface area contributed by atoms with Gasteiger partial charge in [-0.25, -0.2) is 0 Å². The van der Waals surface area contributed by atoms with Gasteiger partial charge in [0.15, 0.2) is 0 Å². The van der Waals surface area contributed by atoms with Gasteiger partial charge in [-0.05, 0) is 32.6 Å². The van der Waals surface area contributed by atoms with Gasteiger partial charge in [-0.2, -0.15) is 0 Å². The Morgan fingerprint density at radius 3 is 2.62 bits per heavy atom. The first-order valence-corrected chi connectivity index (χ1v) is 9.22. The Morgan fingerprint density at radius 1 is 1.25 bits per heavy atom. The van der Waals surface area contributed by atoms with E-state index in [9.17, 15) is 9.59 Å². The lowest BCUT2D eigenvalue weighted by molar-refractivity contribution is -0.150. The summed E-state index contributed by atoms with van der Waals surface area (Å²) >= 11 is 0. The van der Waals surface area contributed by atoms with Crippen molar-refractivity contribution in [2.24, 2.45) is 5.92 Å². The highest BCUT2D eigenvalue weighted by Crippen LogP contribution is 2.26. The van der Waals surface area contributed by atoms with Gasteiger partial charge in [0, 0.05) is 26.6 Å². The van der Waals surface area contributed by atoms with Crippen molar-refractivity contribution in [3.05, 3.63) is 0 Å². The van der Waals surface area contributed by atoms with Gasteiger partial charge in [0.05, 0.1) is 18.8 Å². The van der Waals surface area contributed by atoms with Crippen LogP contribution in [0.1, 0.15) is 52.4 Å².